The fourth-order valence-corrected chi connectivity index (χ4v) is 1.76. The van der Waals surface area contributed by atoms with Crippen LogP contribution in [-0.4, -0.2) is 23.3 Å². The highest BCUT2D eigenvalue weighted by Crippen LogP contribution is 2.14. The van der Waals surface area contributed by atoms with Gasteiger partial charge in [-0.1, -0.05) is 25.5 Å². The lowest BCUT2D eigenvalue weighted by molar-refractivity contribution is -0.150. The normalized spacial score (nSPS) is 30.7. The zero-order valence-electron chi connectivity index (χ0n) is 9.32. The fraction of sp³-hybridized carbons (Fsp3) is 0.750. The maximum absolute atomic E-state index is 11.4. The van der Waals surface area contributed by atoms with Crippen molar-refractivity contribution in [3.8, 4) is 0 Å². The first-order chi connectivity index (χ1) is 7.22. The molecule has 15 heavy (non-hydrogen) atoms. The van der Waals surface area contributed by atoms with Gasteiger partial charge in [0.15, 0.2) is 0 Å². The third-order valence-corrected chi connectivity index (χ3v) is 2.52. The second-order valence-electron chi connectivity index (χ2n) is 4.02. The van der Waals surface area contributed by atoms with E-state index in [0.717, 1.165) is 25.7 Å². The molecule has 3 nitrogen and oxygen atoms in total. The van der Waals surface area contributed by atoms with Crippen LogP contribution >= 0.6 is 0 Å². The zero-order valence-corrected chi connectivity index (χ0v) is 9.32. The standard InChI is InChI=1S/C12H20O3/c1-2-6-11-9-10(13)7-4-3-5-8-12(14)15-11/h4,7,10-11,13H,2-3,5-6,8-9H2,1H3/b7-4-/t10-,11-/m0/s1. The number of aliphatic hydroxyl groups excluding tert-OH is 1. The molecule has 3 heteroatoms. The molecule has 0 amide bonds. The average molecular weight is 212 g/mol. The summed E-state index contributed by atoms with van der Waals surface area (Å²) >= 11 is 0. The van der Waals surface area contributed by atoms with E-state index >= 15 is 0 Å². The molecule has 0 unspecified atom stereocenters. The fourth-order valence-electron chi connectivity index (χ4n) is 1.76. The Morgan fingerprint density at radius 3 is 3.13 bits per heavy atom. The molecule has 2 atom stereocenters. The molecule has 0 saturated carbocycles. The molecule has 0 spiro atoms. The van der Waals surface area contributed by atoms with Crippen LogP contribution < -0.4 is 0 Å². The summed E-state index contributed by atoms with van der Waals surface area (Å²) in [5.41, 5.74) is 0. The average Bonchev–Trinajstić information content (AvgIpc) is 2.17. The van der Waals surface area contributed by atoms with E-state index in [1.54, 1.807) is 0 Å². The van der Waals surface area contributed by atoms with Crippen LogP contribution in [-0.2, 0) is 9.53 Å². The van der Waals surface area contributed by atoms with Crippen LogP contribution in [0.2, 0.25) is 0 Å². The van der Waals surface area contributed by atoms with Gasteiger partial charge in [0.2, 0.25) is 0 Å². The van der Waals surface area contributed by atoms with Crippen molar-refractivity contribution in [2.45, 2.75) is 57.7 Å². The molecule has 1 aliphatic rings. The van der Waals surface area contributed by atoms with Crippen molar-refractivity contribution in [2.24, 2.45) is 0 Å². The maximum Gasteiger partial charge on any atom is 0.306 e. The lowest BCUT2D eigenvalue weighted by Crippen LogP contribution is -2.23. The van der Waals surface area contributed by atoms with Crippen LogP contribution in [0.4, 0.5) is 0 Å². The number of allylic oxidation sites excluding steroid dienone is 1. The van der Waals surface area contributed by atoms with Gasteiger partial charge < -0.3 is 9.84 Å². The molecule has 0 saturated heterocycles. The molecule has 0 radical (unpaired) electrons. The topological polar surface area (TPSA) is 46.5 Å². The van der Waals surface area contributed by atoms with Crippen molar-refractivity contribution in [1.82, 2.24) is 0 Å². The molecule has 0 aliphatic carbocycles. The first-order valence-electron chi connectivity index (χ1n) is 5.76. The first-order valence-corrected chi connectivity index (χ1v) is 5.76. The van der Waals surface area contributed by atoms with Crippen molar-refractivity contribution in [3.05, 3.63) is 12.2 Å². The summed E-state index contributed by atoms with van der Waals surface area (Å²) in [6.45, 7) is 2.05. The van der Waals surface area contributed by atoms with Crippen molar-refractivity contribution < 1.29 is 14.6 Å². The van der Waals surface area contributed by atoms with Gasteiger partial charge in [-0.2, -0.15) is 0 Å². The molecular weight excluding hydrogens is 192 g/mol. The Hall–Kier alpha value is -0.830. The van der Waals surface area contributed by atoms with Gasteiger partial charge in [-0.05, 0) is 19.3 Å². The molecule has 1 heterocycles. The second-order valence-corrected chi connectivity index (χ2v) is 4.02. The summed E-state index contributed by atoms with van der Waals surface area (Å²) in [4.78, 5) is 11.4. The van der Waals surface area contributed by atoms with Crippen molar-refractivity contribution in [3.63, 3.8) is 0 Å². The number of ether oxygens (including phenoxy) is 1. The minimum Gasteiger partial charge on any atom is -0.462 e. The smallest absolute Gasteiger partial charge is 0.306 e. The van der Waals surface area contributed by atoms with Crippen LogP contribution in [0.25, 0.3) is 0 Å². The number of rotatable bonds is 2. The molecular formula is C12H20O3. The minimum absolute atomic E-state index is 0.125. The molecule has 1 N–H and O–H groups in total. The Balaban J connectivity index is 2.55. The Bertz CT molecular complexity index is 223. The number of carbonyl (C=O) groups is 1. The number of cyclic esters (lactones) is 1. The van der Waals surface area contributed by atoms with Gasteiger partial charge in [0, 0.05) is 12.8 Å². The number of esters is 1. The van der Waals surface area contributed by atoms with Crippen molar-refractivity contribution >= 4 is 5.97 Å². The monoisotopic (exact) mass is 212 g/mol. The highest BCUT2D eigenvalue weighted by atomic mass is 16.5. The maximum atomic E-state index is 11.4. The Kier molecular flexibility index (Phi) is 5.40. The number of carbonyl (C=O) groups excluding carboxylic acids is 1. The van der Waals surface area contributed by atoms with Crippen molar-refractivity contribution in [1.29, 1.82) is 0 Å². The van der Waals surface area contributed by atoms with E-state index in [2.05, 4.69) is 6.92 Å². The lowest BCUT2D eigenvalue weighted by Gasteiger charge is -2.20. The van der Waals surface area contributed by atoms with E-state index in [0.29, 0.717) is 12.8 Å². The minimum atomic E-state index is -0.479. The van der Waals surface area contributed by atoms with Crippen LogP contribution in [0.5, 0.6) is 0 Å². The molecule has 0 aromatic carbocycles. The third-order valence-electron chi connectivity index (χ3n) is 2.52. The number of hydrogen-bond acceptors (Lipinski definition) is 3. The highest BCUT2D eigenvalue weighted by Gasteiger charge is 2.17. The van der Waals surface area contributed by atoms with Gasteiger partial charge in [-0.15, -0.1) is 0 Å². The first kappa shape index (κ1) is 12.2. The van der Waals surface area contributed by atoms with E-state index in [4.69, 9.17) is 4.74 Å². The molecule has 1 aliphatic heterocycles. The van der Waals surface area contributed by atoms with Crippen molar-refractivity contribution in [2.75, 3.05) is 0 Å². The van der Waals surface area contributed by atoms with E-state index in [1.165, 1.54) is 0 Å². The molecule has 0 aromatic heterocycles. The van der Waals surface area contributed by atoms with Gasteiger partial charge >= 0.3 is 5.97 Å². The van der Waals surface area contributed by atoms with Gasteiger partial charge in [-0.25, -0.2) is 0 Å². The summed E-state index contributed by atoms with van der Waals surface area (Å²) in [7, 11) is 0. The molecule has 0 fully saturated rings. The highest BCUT2D eigenvalue weighted by molar-refractivity contribution is 5.69. The van der Waals surface area contributed by atoms with Gasteiger partial charge in [0.1, 0.15) is 6.10 Å². The summed E-state index contributed by atoms with van der Waals surface area (Å²) in [5, 5.41) is 9.64. The molecule has 1 rings (SSSR count). The molecule has 86 valence electrons. The third kappa shape index (κ3) is 4.98. The van der Waals surface area contributed by atoms with E-state index in [9.17, 15) is 9.90 Å². The Labute approximate surface area is 91.1 Å². The second kappa shape index (κ2) is 6.62. The summed E-state index contributed by atoms with van der Waals surface area (Å²) in [6.07, 6.45) is 7.61. The summed E-state index contributed by atoms with van der Waals surface area (Å²) < 4.78 is 5.30. The van der Waals surface area contributed by atoms with Gasteiger partial charge in [-0.3, -0.25) is 4.79 Å². The SMILES string of the molecule is CCC[C@H]1C[C@@H](O)/C=C\CCCC(=O)O1. The van der Waals surface area contributed by atoms with E-state index in [1.807, 2.05) is 12.2 Å². The predicted octanol–water partition coefficient (Wildman–Crippen LogP) is 2.19. The lowest BCUT2D eigenvalue weighted by atomic mass is 10.1. The van der Waals surface area contributed by atoms with Gasteiger partial charge in [0.05, 0.1) is 6.10 Å². The van der Waals surface area contributed by atoms with E-state index in [-0.39, 0.29) is 12.1 Å². The molecule has 0 bridgehead atoms. The number of hydrogen-bond donors (Lipinski definition) is 1. The summed E-state index contributed by atoms with van der Waals surface area (Å²) in [6, 6.07) is 0. The van der Waals surface area contributed by atoms with Crippen LogP contribution in [0.15, 0.2) is 12.2 Å². The number of aliphatic hydroxyl groups is 1. The van der Waals surface area contributed by atoms with Crippen LogP contribution in [0.3, 0.4) is 0 Å². The Morgan fingerprint density at radius 1 is 1.60 bits per heavy atom. The van der Waals surface area contributed by atoms with Crippen LogP contribution in [0, 0.1) is 0 Å². The predicted molar refractivity (Wildman–Crippen MR) is 58.4 cm³/mol. The van der Waals surface area contributed by atoms with E-state index < -0.39 is 6.10 Å². The largest absolute Gasteiger partial charge is 0.462 e. The Morgan fingerprint density at radius 2 is 2.40 bits per heavy atom. The quantitative estimate of drug-likeness (QED) is 0.563. The van der Waals surface area contributed by atoms with Gasteiger partial charge in [0.25, 0.3) is 0 Å². The van der Waals surface area contributed by atoms with Crippen LogP contribution in [0.1, 0.15) is 45.4 Å². The molecule has 0 aromatic rings. The zero-order chi connectivity index (χ0) is 11.1. The summed E-state index contributed by atoms with van der Waals surface area (Å²) in [5.74, 6) is -0.129.